The largest absolute Gasteiger partial charge is 0.497 e. The first kappa shape index (κ1) is 21.0. The molecule has 7 heteroatoms. The molecule has 3 aromatic rings. The summed E-state index contributed by atoms with van der Waals surface area (Å²) in [4.78, 5) is 13.4. The van der Waals surface area contributed by atoms with E-state index in [4.69, 9.17) is 4.74 Å². The van der Waals surface area contributed by atoms with Gasteiger partial charge in [-0.25, -0.2) is 8.42 Å². The Kier molecular flexibility index (Phi) is 5.39. The standard InChI is InChI=1S/C25H26N2O4S/c1-31-20-10-12-21(13-11-20)32(29,30)27-15-3-5-19(16-27)25(28)26-23-14-9-18-8-7-17-4-2-6-22(23)24(17)18/h2,4,6,9-14,19H,3,5,7-8,15-16H2,1H3,(H,26,28). The normalized spacial score (nSPS) is 18.6. The Bertz CT molecular complexity index is 1280. The molecule has 166 valence electrons. The number of nitrogens with zero attached hydrogens (tertiary/aromatic N) is 1. The Morgan fingerprint density at radius 1 is 1.03 bits per heavy atom. The van der Waals surface area contributed by atoms with Gasteiger partial charge in [0.15, 0.2) is 0 Å². The van der Waals surface area contributed by atoms with Crippen molar-refractivity contribution in [1.82, 2.24) is 4.31 Å². The van der Waals surface area contributed by atoms with Gasteiger partial charge < -0.3 is 10.1 Å². The molecule has 0 radical (unpaired) electrons. The maximum atomic E-state index is 13.1. The quantitative estimate of drug-likeness (QED) is 0.638. The molecule has 0 saturated carbocycles. The van der Waals surface area contributed by atoms with Gasteiger partial charge in [0.25, 0.3) is 0 Å². The van der Waals surface area contributed by atoms with Gasteiger partial charge in [-0.05, 0) is 72.5 Å². The number of sulfonamides is 1. The number of hydrogen-bond acceptors (Lipinski definition) is 4. The van der Waals surface area contributed by atoms with Crippen molar-refractivity contribution >= 4 is 32.4 Å². The van der Waals surface area contributed by atoms with Crippen LogP contribution < -0.4 is 10.1 Å². The molecule has 0 spiro atoms. The molecular weight excluding hydrogens is 424 g/mol. The first-order valence-corrected chi connectivity index (χ1v) is 12.4. The minimum atomic E-state index is -3.67. The number of anilines is 1. The number of rotatable bonds is 5. The number of amides is 1. The number of carbonyl (C=O) groups excluding carboxylic acids is 1. The summed E-state index contributed by atoms with van der Waals surface area (Å²) in [5, 5.41) is 5.39. The molecule has 2 aliphatic rings. The lowest BCUT2D eigenvalue weighted by atomic mass is 9.98. The minimum absolute atomic E-state index is 0.127. The lowest BCUT2D eigenvalue weighted by Gasteiger charge is -2.31. The molecule has 6 nitrogen and oxygen atoms in total. The number of piperidine rings is 1. The highest BCUT2D eigenvalue weighted by molar-refractivity contribution is 7.89. The van der Waals surface area contributed by atoms with E-state index in [0.717, 1.165) is 23.9 Å². The molecule has 1 unspecified atom stereocenters. The number of benzene rings is 3. The van der Waals surface area contributed by atoms with Crippen molar-refractivity contribution in [2.75, 3.05) is 25.5 Å². The maximum Gasteiger partial charge on any atom is 0.243 e. The van der Waals surface area contributed by atoms with Crippen molar-refractivity contribution in [1.29, 1.82) is 0 Å². The summed E-state index contributed by atoms with van der Waals surface area (Å²) in [5.74, 6) is 0.0864. The SMILES string of the molecule is COc1ccc(S(=O)(=O)N2CCCC(C(=O)Nc3ccc4c5c(cccc35)CC4)C2)cc1. The van der Waals surface area contributed by atoms with Crippen LogP contribution in [-0.4, -0.2) is 38.8 Å². The summed E-state index contributed by atoms with van der Waals surface area (Å²) >= 11 is 0. The van der Waals surface area contributed by atoms with E-state index >= 15 is 0 Å². The van der Waals surface area contributed by atoms with Crippen molar-refractivity contribution in [3.63, 3.8) is 0 Å². The molecule has 1 aliphatic carbocycles. The number of hydrogen-bond donors (Lipinski definition) is 1. The number of methoxy groups -OCH3 is 1. The van der Waals surface area contributed by atoms with Crippen LogP contribution in [0.25, 0.3) is 10.8 Å². The second kappa shape index (κ2) is 8.22. The van der Waals surface area contributed by atoms with Crippen LogP contribution in [0.5, 0.6) is 5.75 Å². The summed E-state index contributed by atoms with van der Waals surface area (Å²) in [5.41, 5.74) is 3.44. The van der Waals surface area contributed by atoms with Gasteiger partial charge >= 0.3 is 0 Å². The second-order valence-electron chi connectivity index (χ2n) is 8.48. The molecule has 1 aliphatic heterocycles. The molecule has 1 heterocycles. The predicted octanol–water partition coefficient (Wildman–Crippen LogP) is 3.99. The van der Waals surface area contributed by atoms with Crippen LogP contribution >= 0.6 is 0 Å². The molecule has 3 aromatic carbocycles. The average Bonchev–Trinajstić information content (AvgIpc) is 3.25. The second-order valence-corrected chi connectivity index (χ2v) is 10.4. The molecule has 1 N–H and O–H groups in total. The van der Waals surface area contributed by atoms with Gasteiger partial charge in [0.05, 0.1) is 17.9 Å². The van der Waals surface area contributed by atoms with Gasteiger partial charge in [0.2, 0.25) is 15.9 Å². The fraction of sp³-hybridized carbons (Fsp3) is 0.320. The summed E-state index contributed by atoms with van der Waals surface area (Å²) in [6, 6.07) is 16.7. The Hall–Kier alpha value is -2.90. The van der Waals surface area contributed by atoms with E-state index in [1.807, 2.05) is 18.2 Å². The van der Waals surface area contributed by atoms with E-state index in [1.54, 1.807) is 31.4 Å². The maximum absolute atomic E-state index is 13.1. The average molecular weight is 451 g/mol. The van der Waals surface area contributed by atoms with E-state index in [-0.39, 0.29) is 23.3 Å². The zero-order valence-electron chi connectivity index (χ0n) is 18.0. The minimum Gasteiger partial charge on any atom is -0.497 e. The molecule has 1 fully saturated rings. The van der Waals surface area contributed by atoms with Crippen LogP contribution in [0.4, 0.5) is 5.69 Å². The van der Waals surface area contributed by atoms with Gasteiger partial charge in [-0.2, -0.15) is 4.31 Å². The van der Waals surface area contributed by atoms with Gasteiger partial charge in [-0.15, -0.1) is 0 Å². The summed E-state index contributed by atoms with van der Waals surface area (Å²) in [6.45, 7) is 0.598. The fourth-order valence-electron chi connectivity index (χ4n) is 4.86. The van der Waals surface area contributed by atoms with Crippen molar-refractivity contribution in [2.45, 2.75) is 30.6 Å². The number of ether oxygens (including phenoxy) is 1. The molecule has 0 bridgehead atoms. The number of carbonyl (C=O) groups is 1. The van der Waals surface area contributed by atoms with Gasteiger partial charge in [-0.1, -0.05) is 24.3 Å². The topological polar surface area (TPSA) is 75.7 Å². The van der Waals surface area contributed by atoms with E-state index in [9.17, 15) is 13.2 Å². The number of aryl methyl sites for hydroxylation is 2. The van der Waals surface area contributed by atoms with Gasteiger partial charge in [0, 0.05) is 24.2 Å². The lowest BCUT2D eigenvalue weighted by Crippen LogP contribution is -2.43. The van der Waals surface area contributed by atoms with Crippen molar-refractivity contribution in [3.05, 3.63) is 65.7 Å². The highest BCUT2D eigenvalue weighted by atomic mass is 32.2. The van der Waals surface area contributed by atoms with E-state index < -0.39 is 10.0 Å². The smallest absolute Gasteiger partial charge is 0.243 e. The van der Waals surface area contributed by atoms with Crippen LogP contribution in [0.15, 0.2) is 59.5 Å². The van der Waals surface area contributed by atoms with E-state index in [2.05, 4.69) is 17.4 Å². The van der Waals surface area contributed by atoms with Crippen molar-refractivity contribution in [3.8, 4) is 5.75 Å². The summed E-state index contributed by atoms with van der Waals surface area (Å²) in [7, 11) is -2.13. The molecule has 1 amide bonds. The molecule has 5 rings (SSSR count). The summed E-state index contributed by atoms with van der Waals surface area (Å²) < 4.78 is 32.8. The van der Waals surface area contributed by atoms with Crippen LogP contribution in [0.2, 0.25) is 0 Å². The third-order valence-electron chi connectivity index (χ3n) is 6.59. The predicted molar refractivity (Wildman–Crippen MR) is 124 cm³/mol. The van der Waals surface area contributed by atoms with Gasteiger partial charge in [0.1, 0.15) is 5.75 Å². The Morgan fingerprint density at radius 2 is 1.78 bits per heavy atom. The van der Waals surface area contributed by atoms with E-state index in [0.29, 0.717) is 25.1 Å². The molecular formula is C25H26N2O4S. The third-order valence-corrected chi connectivity index (χ3v) is 8.47. The Labute approximate surface area is 188 Å². The fourth-order valence-corrected chi connectivity index (χ4v) is 6.39. The third kappa shape index (κ3) is 3.65. The van der Waals surface area contributed by atoms with Crippen LogP contribution in [0.3, 0.4) is 0 Å². The van der Waals surface area contributed by atoms with Gasteiger partial charge in [-0.3, -0.25) is 4.79 Å². The van der Waals surface area contributed by atoms with E-state index in [1.165, 1.54) is 20.8 Å². The first-order valence-electron chi connectivity index (χ1n) is 11.0. The monoisotopic (exact) mass is 450 g/mol. The van der Waals surface area contributed by atoms with Crippen molar-refractivity contribution in [2.24, 2.45) is 5.92 Å². The Morgan fingerprint density at radius 3 is 2.53 bits per heavy atom. The Balaban J connectivity index is 1.35. The molecule has 0 aromatic heterocycles. The zero-order valence-corrected chi connectivity index (χ0v) is 18.8. The highest BCUT2D eigenvalue weighted by Crippen LogP contribution is 2.35. The van der Waals surface area contributed by atoms with Crippen LogP contribution in [0, 0.1) is 5.92 Å². The lowest BCUT2D eigenvalue weighted by molar-refractivity contribution is -0.120. The summed E-state index contributed by atoms with van der Waals surface area (Å²) in [6.07, 6.45) is 3.38. The van der Waals surface area contributed by atoms with Crippen LogP contribution in [0.1, 0.15) is 24.0 Å². The molecule has 1 saturated heterocycles. The molecule has 32 heavy (non-hydrogen) atoms. The van der Waals surface area contributed by atoms with Crippen LogP contribution in [-0.2, 0) is 27.7 Å². The van der Waals surface area contributed by atoms with Crippen molar-refractivity contribution < 1.29 is 17.9 Å². The zero-order chi connectivity index (χ0) is 22.3. The first-order chi connectivity index (χ1) is 15.5. The number of nitrogens with one attached hydrogen (secondary N) is 1. The molecule has 1 atom stereocenters. The highest BCUT2D eigenvalue weighted by Gasteiger charge is 2.33.